The van der Waals surface area contributed by atoms with Gasteiger partial charge in [0.15, 0.2) is 0 Å². The van der Waals surface area contributed by atoms with E-state index in [0.717, 1.165) is 32.6 Å². The van der Waals surface area contributed by atoms with E-state index in [2.05, 4.69) is 72.9 Å². The maximum Gasteiger partial charge on any atom is 0.0884 e. The Hall–Kier alpha value is -1.48. The summed E-state index contributed by atoms with van der Waals surface area (Å²) in [7, 11) is 2.20. The molecule has 0 aromatic heterocycles. The van der Waals surface area contributed by atoms with Crippen LogP contribution in [0.2, 0.25) is 0 Å². The molecule has 0 unspecified atom stereocenters. The van der Waals surface area contributed by atoms with Gasteiger partial charge in [0.1, 0.15) is 0 Å². The Labute approximate surface area is 156 Å². The molecule has 25 heavy (non-hydrogen) atoms. The van der Waals surface area contributed by atoms with Gasteiger partial charge in [-0.1, -0.05) is 71.7 Å². The van der Waals surface area contributed by atoms with E-state index in [9.17, 15) is 0 Å². The van der Waals surface area contributed by atoms with Crippen LogP contribution in [0.15, 0.2) is 42.6 Å². The highest BCUT2D eigenvalue weighted by atomic mass is 15.4. The fraction of sp³-hybridized carbons (Fsp3) is 0.636. The molecule has 3 nitrogen and oxygen atoms in total. The number of hydrogen-bond donors (Lipinski definition) is 1. The number of rotatable bonds is 3. The molecule has 0 radical (unpaired) electrons. The van der Waals surface area contributed by atoms with Crippen molar-refractivity contribution in [3.05, 3.63) is 42.6 Å². The number of unbranched alkanes of at least 4 members (excludes halogenated alkanes) is 2. The van der Waals surface area contributed by atoms with E-state index < -0.39 is 0 Å². The lowest BCUT2D eigenvalue weighted by Gasteiger charge is -2.44. The number of nitrogens with one attached hydrogen (secondary N) is 1. The van der Waals surface area contributed by atoms with Crippen LogP contribution in [-0.2, 0) is 0 Å². The topological polar surface area (TPSA) is 18.5 Å². The first-order chi connectivity index (χ1) is 12.1. The second-order valence-corrected chi connectivity index (χ2v) is 6.77. The summed E-state index contributed by atoms with van der Waals surface area (Å²) in [5.74, 6) is 0. The molecule has 1 spiro atoms. The molecule has 2 heterocycles. The Morgan fingerprint density at radius 1 is 1.04 bits per heavy atom. The zero-order valence-corrected chi connectivity index (χ0v) is 17.1. The molecule has 0 atom stereocenters. The molecule has 2 aliphatic heterocycles. The lowest BCUT2D eigenvalue weighted by molar-refractivity contribution is 0.214. The fourth-order valence-electron chi connectivity index (χ4n) is 3.51. The van der Waals surface area contributed by atoms with Crippen LogP contribution in [0.4, 0.5) is 5.69 Å². The van der Waals surface area contributed by atoms with Crippen molar-refractivity contribution in [2.45, 2.75) is 65.3 Å². The summed E-state index contributed by atoms with van der Waals surface area (Å²) in [4.78, 5) is 4.89. The van der Waals surface area contributed by atoms with Crippen molar-refractivity contribution in [1.82, 2.24) is 10.2 Å². The molecule has 0 bridgehead atoms. The normalized spacial score (nSPS) is 18.8. The average Bonchev–Trinajstić information content (AvgIpc) is 2.97. The number of nitrogens with zero attached hydrogens (tertiary/aromatic N) is 2. The lowest BCUT2D eigenvalue weighted by Crippen LogP contribution is -2.52. The van der Waals surface area contributed by atoms with Gasteiger partial charge in [-0.3, -0.25) is 0 Å². The monoisotopic (exact) mass is 345 g/mol. The third-order valence-electron chi connectivity index (χ3n) is 5.12. The smallest absolute Gasteiger partial charge is 0.0884 e. The van der Waals surface area contributed by atoms with E-state index in [0.29, 0.717) is 0 Å². The minimum Gasteiger partial charge on any atom is -0.370 e. The Morgan fingerprint density at radius 3 is 2.08 bits per heavy atom. The van der Waals surface area contributed by atoms with Crippen LogP contribution >= 0.6 is 0 Å². The highest BCUT2D eigenvalue weighted by molar-refractivity contribution is 5.54. The number of likely N-dealkylation sites (tertiary alicyclic amines) is 1. The quantitative estimate of drug-likeness (QED) is 0.806. The molecule has 142 valence electrons. The molecule has 3 heteroatoms. The summed E-state index contributed by atoms with van der Waals surface area (Å²) in [6.45, 7) is 15.9. The van der Waals surface area contributed by atoms with Crippen molar-refractivity contribution in [3.63, 3.8) is 0 Å². The first-order valence-electron chi connectivity index (χ1n) is 10.1. The minimum atomic E-state index is 0.119. The van der Waals surface area contributed by atoms with Crippen LogP contribution in [0.1, 0.15) is 59.8 Å². The zero-order valence-electron chi connectivity index (χ0n) is 17.1. The second kappa shape index (κ2) is 11.2. The van der Waals surface area contributed by atoms with Crippen LogP contribution < -0.4 is 10.2 Å². The third kappa shape index (κ3) is 5.50. The van der Waals surface area contributed by atoms with E-state index in [-0.39, 0.29) is 5.54 Å². The van der Waals surface area contributed by atoms with E-state index >= 15 is 0 Å². The summed E-state index contributed by atoms with van der Waals surface area (Å²) in [5.41, 5.74) is 2.61. The van der Waals surface area contributed by atoms with Crippen LogP contribution in [0.3, 0.4) is 0 Å². The largest absolute Gasteiger partial charge is 0.370 e. The summed E-state index contributed by atoms with van der Waals surface area (Å²) < 4.78 is 0. The summed E-state index contributed by atoms with van der Waals surface area (Å²) in [6.07, 6.45) is 6.39. The SMILES string of the molecule is C=C1NCN(c2ccccc2)C12CCN(C)CC2.CC.CCCCC. The van der Waals surface area contributed by atoms with E-state index in [4.69, 9.17) is 0 Å². The zero-order chi connectivity index (χ0) is 18.7. The van der Waals surface area contributed by atoms with Crippen molar-refractivity contribution in [1.29, 1.82) is 0 Å². The Morgan fingerprint density at radius 2 is 1.60 bits per heavy atom. The maximum absolute atomic E-state index is 4.26. The van der Waals surface area contributed by atoms with Crippen molar-refractivity contribution in [2.24, 2.45) is 0 Å². The highest BCUT2D eigenvalue weighted by Gasteiger charge is 2.45. The van der Waals surface area contributed by atoms with Gasteiger partial charge in [0.2, 0.25) is 0 Å². The average molecular weight is 346 g/mol. The van der Waals surface area contributed by atoms with Gasteiger partial charge in [0.25, 0.3) is 0 Å². The number of benzene rings is 1. The number of hydrogen-bond acceptors (Lipinski definition) is 3. The van der Waals surface area contributed by atoms with Crippen LogP contribution in [-0.4, -0.2) is 37.2 Å². The summed E-state index contributed by atoms with van der Waals surface area (Å²) >= 11 is 0. The lowest BCUT2D eigenvalue weighted by atomic mass is 9.84. The number of anilines is 1. The van der Waals surface area contributed by atoms with Gasteiger partial charge in [-0.25, -0.2) is 0 Å². The first kappa shape index (κ1) is 21.6. The van der Waals surface area contributed by atoms with Crippen molar-refractivity contribution < 1.29 is 0 Å². The molecule has 1 aromatic rings. The molecular weight excluding hydrogens is 306 g/mol. The second-order valence-electron chi connectivity index (χ2n) is 6.77. The molecule has 1 aromatic carbocycles. The maximum atomic E-state index is 4.26. The van der Waals surface area contributed by atoms with Gasteiger partial charge in [-0.05, 0) is 32.0 Å². The van der Waals surface area contributed by atoms with Crippen LogP contribution in [0.25, 0.3) is 0 Å². The van der Waals surface area contributed by atoms with Gasteiger partial charge in [-0.2, -0.15) is 0 Å². The molecule has 0 amide bonds. The molecule has 0 aliphatic carbocycles. The molecular formula is C22H39N3. The Kier molecular flexibility index (Phi) is 9.66. The predicted octanol–water partition coefficient (Wildman–Crippen LogP) is 5.25. The predicted molar refractivity (Wildman–Crippen MR) is 112 cm³/mol. The molecule has 3 rings (SSSR count). The van der Waals surface area contributed by atoms with Gasteiger partial charge in [-0.15, -0.1) is 0 Å². The van der Waals surface area contributed by atoms with Crippen LogP contribution in [0, 0.1) is 0 Å². The highest BCUT2D eigenvalue weighted by Crippen LogP contribution is 2.39. The molecule has 0 saturated carbocycles. The van der Waals surface area contributed by atoms with E-state index in [1.807, 2.05) is 13.8 Å². The summed E-state index contributed by atoms with van der Waals surface area (Å²) in [6, 6.07) is 10.7. The standard InChI is InChI=1S/C15H21N3.C5H12.C2H6/c1-13-15(8-10-17(2)11-9-15)18(12-16-13)14-6-4-3-5-7-14;1-3-5-4-2;1-2/h3-7,16H,1,8-12H2,2H3;3-5H2,1-2H3;1-2H3. The van der Waals surface area contributed by atoms with Crippen molar-refractivity contribution in [2.75, 3.05) is 31.7 Å². The fourth-order valence-corrected chi connectivity index (χ4v) is 3.51. The van der Waals surface area contributed by atoms with Gasteiger partial charge in [0.05, 0.1) is 12.2 Å². The Balaban J connectivity index is 0.000000388. The van der Waals surface area contributed by atoms with Gasteiger partial charge in [0, 0.05) is 24.5 Å². The van der Waals surface area contributed by atoms with Gasteiger partial charge < -0.3 is 15.1 Å². The first-order valence-corrected chi connectivity index (χ1v) is 10.1. The Bertz CT molecular complexity index is 473. The van der Waals surface area contributed by atoms with Crippen LogP contribution in [0.5, 0.6) is 0 Å². The molecule has 1 N–H and O–H groups in total. The number of piperidine rings is 1. The molecule has 2 saturated heterocycles. The molecule has 2 aliphatic rings. The van der Waals surface area contributed by atoms with Gasteiger partial charge >= 0.3 is 0 Å². The third-order valence-corrected chi connectivity index (χ3v) is 5.12. The van der Waals surface area contributed by atoms with Crippen molar-refractivity contribution in [3.8, 4) is 0 Å². The van der Waals surface area contributed by atoms with Crippen molar-refractivity contribution >= 4 is 5.69 Å². The minimum absolute atomic E-state index is 0.119. The molecule has 2 fully saturated rings. The van der Waals surface area contributed by atoms with E-state index in [1.54, 1.807) is 0 Å². The number of para-hydroxylation sites is 1. The summed E-state index contributed by atoms with van der Waals surface area (Å²) in [5, 5.41) is 3.46. The van der Waals surface area contributed by atoms with E-state index in [1.165, 1.54) is 30.6 Å².